The Morgan fingerprint density at radius 2 is 1.62 bits per heavy atom. The van der Waals surface area contributed by atoms with Crippen molar-refractivity contribution in [3.8, 4) is 0 Å². The van der Waals surface area contributed by atoms with Crippen molar-refractivity contribution >= 4 is 17.6 Å². The highest BCUT2D eigenvalue weighted by Crippen LogP contribution is 2.27. The average Bonchev–Trinajstić information content (AvgIpc) is 2.70. The van der Waals surface area contributed by atoms with Gasteiger partial charge in [-0.05, 0) is 44.4 Å². The SMILES string of the molecule is CCC(C)COCCCNC(=O)CCCC(=O)NC1CCC(C(=O)C(C)C)CC1. The fourth-order valence-corrected chi connectivity index (χ4v) is 3.60. The molecule has 29 heavy (non-hydrogen) atoms. The Labute approximate surface area is 176 Å². The maximum atomic E-state index is 12.1. The smallest absolute Gasteiger partial charge is 0.220 e. The van der Waals surface area contributed by atoms with E-state index in [0.717, 1.165) is 45.1 Å². The van der Waals surface area contributed by atoms with Gasteiger partial charge in [-0.2, -0.15) is 0 Å². The van der Waals surface area contributed by atoms with E-state index < -0.39 is 0 Å². The molecule has 1 rings (SSSR count). The van der Waals surface area contributed by atoms with Crippen LogP contribution in [0.1, 0.15) is 85.5 Å². The minimum Gasteiger partial charge on any atom is -0.381 e. The normalized spacial score (nSPS) is 20.3. The quantitative estimate of drug-likeness (QED) is 0.428. The zero-order valence-electron chi connectivity index (χ0n) is 18.9. The van der Waals surface area contributed by atoms with E-state index in [9.17, 15) is 14.4 Å². The summed E-state index contributed by atoms with van der Waals surface area (Å²) in [7, 11) is 0. The summed E-state index contributed by atoms with van der Waals surface area (Å²) in [6.07, 6.45) is 6.70. The molecule has 2 N–H and O–H groups in total. The summed E-state index contributed by atoms with van der Waals surface area (Å²) in [6.45, 7) is 10.3. The predicted octanol–water partition coefficient (Wildman–Crippen LogP) is 3.63. The molecular weight excluding hydrogens is 368 g/mol. The Morgan fingerprint density at radius 1 is 0.966 bits per heavy atom. The highest BCUT2D eigenvalue weighted by molar-refractivity contribution is 5.83. The van der Waals surface area contributed by atoms with Gasteiger partial charge in [0.1, 0.15) is 5.78 Å². The monoisotopic (exact) mass is 410 g/mol. The standard InChI is InChI=1S/C23H42N2O4/c1-5-18(4)16-29-15-7-14-24-21(26)8-6-9-22(27)25-20-12-10-19(11-13-20)23(28)17(2)3/h17-20H,5-16H2,1-4H3,(H,24,26)(H,25,27). The van der Waals surface area contributed by atoms with Gasteiger partial charge < -0.3 is 15.4 Å². The van der Waals surface area contributed by atoms with Crippen molar-refractivity contribution in [2.45, 2.75) is 91.5 Å². The van der Waals surface area contributed by atoms with Crippen LogP contribution in [0.3, 0.4) is 0 Å². The number of amides is 2. The van der Waals surface area contributed by atoms with Gasteiger partial charge in [0, 0.05) is 50.5 Å². The minimum atomic E-state index is -0.00701. The van der Waals surface area contributed by atoms with Crippen LogP contribution >= 0.6 is 0 Å². The maximum Gasteiger partial charge on any atom is 0.220 e. The third kappa shape index (κ3) is 11.4. The molecule has 0 saturated heterocycles. The summed E-state index contributed by atoms with van der Waals surface area (Å²) in [5, 5.41) is 5.94. The second-order valence-electron chi connectivity index (χ2n) is 8.82. The molecule has 6 heteroatoms. The topological polar surface area (TPSA) is 84.5 Å². The zero-order chi connectivity index (χ0) is 21.6. The van der Waals surface area contributed by atoms with E-state index >= 15 is 0 Å². The molecule has 1 atom stereocenters. The molecule has 6 nitrogen and oxygen atoms in total. The first-order valence-electron chi connectivity index (χ1n) is 11.5. The molecule has 0 spiro atoms. The van der Waals surface area contributed by atoms with E-state index in [2.05, 4.69) is 24.5 Å². The Kier molecular flexibility index (Phi) is 12.8. The molecule has 0 radical (unpaired) electrons. The molecular formula is C23H42N2O4. The van der Waals surface area contributed by atoms with E-state index in [1.165, 1.54) is 0 Å². The van der Waals surface area contributed by atoms with Crippen LogP contribution < -0.4 is 10.6 Å². The van der Waals surface area contributed by atoms with Gasteiger partial charge in [-0.1, -0.05) is 34.1 Å². The van der Waals surface area contributed by atoms with Crippen LogP contribution in [0.4, 0.5) is 0 Å². The van der Waals surface area contributed by atoms with Gasteiger partial charge in [-0.25, -0.2) is 0 Å². The Morgan fingerprint density at radius 3 is 2.24 bits per heavy atom. The Balaban J connectivity index is 2.03. The van der Waals surface area contributed by atoms with Crippen molar-refractivity contribution in [1.29, 1.82) is 0 Å². The second-order valence-corrected chi connectivity index (χ2v) is 8.82. The molecule has 0 aromatic carbocycles. The lowest BCUT2D eigenvalue weighted by Crippen LogP contribution is -2.39. The summed E-state index contributed by atoms with van der Waals surface area (Å²) < 4.78 is 5.56. The minimum absolute atomic E-state index is 0.00701. The summed E-state index contributed by atoms with van der Waals surface area (Å²) in [5.74, 6) is 1.18. The molecule has 0 bridgehead atoms. The van der Waals surface area contributed by atoms with Gasteiger partial charge in [-0.15, -0.1) is 0 Å². The lowest BCUT2D eigenvalue weighted by atomic mass is 9.80. The van der Waals surface area contributed by atoms with Crippen molar-refractivity contribution in [3.05, 3.63) is 0 Å². The van der Waals surface area contributed by atoms with Crippen LogP contribution in [-0.2, 0) is 19.1 Å². The largest absolute Gasteiger partial charge is 0.381 e. The van der Waals surface area contributed by atoms with Gasteiger partial charge in [-0.3, -0.25) is 14.4 Å². The van der Waals surface area contributed by atoms with Crippen molar-refractivity contribution < 1.29 is 19.1 Å². The van der Waals surface area contributed by atoms with E-state index in [4.69, 9.17) is 4.74 Å². The summed E-state index contributed by atoms with van der Waals surface area (Å²) in [6, 6.07) is 0.169. The van der Waals surface area contributed by atoms with Crippen molar-refractivity contribution in [2.75, 3.05) is 19.8 Å². The lowest BCUT2D eigenvalue weighted by Gasteiger charge is -2.29. The molecule has 0 heterocycles. The van der Waals surface area contributed by atoms with E-state index in [1.807, 2.05) is 13.8 Å². The van der Waals surface area contributed by atoms with Crippen molar-refractivity contribution in [2.24, 2.45) is 17.8 Å². The molecule has 1 aliphatic carbocycles. The number of rotatable bonds is 14. The number of hydrogen-bond donors (Lipinski definition) is 2. The van der Waals surface area contributed by atoms with Gasteiger partial charge in [0.05, 0.1) is 0 Å². The number of carbonyl (C=O) groups excluding carboxylic acids is 3. The van der Waals surface area contributed by atoms with Crippen LogP contribution in [0.2, 0.25) is 0 Å². The first kappa shape index (κ1) is 25.6. The van der Waals surface area contributed by atoms with E-state index in [1.54, 1.807) is 0 Å². The van der Waals surface area contributed by atoms with Crippen molar-refractivity contribution in [3.63, 3.8) is 0 Å². The molecule has 0 aliphatic heterocycles. The molecule has 1 fully saturated rings. The summed E-state index contributed by atoms with van der Waals surface area (Å²) in [5.41, 5.74) is 0. The maximum absolute atomic E-state index is 12.1. The fraction of sp³-hybridized carbons (Fsp3) is 0.870. The average molecular weight is 411 g/mol. The first-order valence-corrected chi connectivity index (χ1v) is 11.5. The van der Waals surface area contributed by atoms with Crippen molar-refractivity contribution in [1.82, 2.24) is 10.6 Å². The number of ether oxygens (including phenoxy) is 1. The molecule has 0 aromatic heterocycles. The van der Waals surface area contributed by atoms with E-state index in [-0.39, 0.29) is 29.7 Å². The van der Waals surface area contributed by atoms with Crippen LogP contribution in [0, 0.1) is 17.8 Å². The second kappa shape index (κ2) is 14.5. The van der Waals surface area contributed by atoms with Crippen LogP contribution in [0.15, 0.2) is 0 Å². The molecule has 1 unspecified atom stereocenters. The third-order valence-electron chi connectivity index (χ3n) is 5.76. The predicted molar refractivity (Wildman–Crippen MR) is 115 cm³/mol. The van der Waals surface area contributed by atoms with Gasteiger partial charge in [0.25, 0.3) is 0 Å². The highest BCUT2D eigenvalue weighted by Gasteiger charge is 2.28. The number of Topliss-reactive ketones (excluding diaryl/α,β-unsaturated/α-hetero) is 1. The van der Waals surface area contributed by atoms with Gasteiger partial charge in [0.15, 0.2) is 0 Å². The van der Waals surface area contributed by atoms with Crippen LogP contribution in [-0.4, -0.2) is 43.4 Å². The van der Waals surface area contributed by atoms with Crippen LogP contribution in [0.25, 0.3) is 0 Å². The van der Waals surface area contributed by atoms with Gasteiger partial charge >= 0.3 is 0 Å². The molecule has 1 saturated carbocycles. The number of ketones is 1. The molecule has 2 amide bonds. The Bertz CT molecular complexity index is 499. The fourth-order valence-electron chi connectivity index (χ4n) is 3.60. The highest BCUT2D eigenvalue weighted by atomic mass is 16.5. The summed E-state index contributed by atoms with van der Waals surface area (Å²) >= 11 is 0. The van der Waals surface area contributed by atoms with E-state index in [0.29, 0.717) is 44.1 Å². The Hall–Kier alpha value is -1.43. The number of nitrogens with one attached hydrogen (secondary N) is 2. The summed E-state index contributed by atoms with van der Waals surface area (Å²) in [4.78, 5) is 36.0. The first-order chi connectivity index (χ1) is 13.8. The molecule has 168 valence electrons. The molecule has 1 aliphatic rings. The molecule has 0 aromatic rings. The van der Waals surface area contributed by atoms with Gasteiger partial charge in [0.2, 0.25) is 11.8 Å². The van der Waals surface area contributed by atoms with Crippen LogP contribution in [0.5, 0.6) is 0 Å². The zero-order valence-corrected chi connectivity index (χ0v) is 18.9. The third-order valence-corrected chi connectivity index (χ3v) is 5.76. The number of hydrogen-bond acceptors (Lipinski definition) is 4. The lowest BCUT2D eigenvalue weighted by molar-refractivity contribution is -0.127. The number of carbonyl (C=O) groups is 3.